The van der Waals surface area contributed by atoms with Gasteiger partial charge in [0, 0.05) is 45.2 Å². The SMILES string of the molecule is O=c1[nH]c(CCN2CCN(C3CCCC3)CC2)nc2ccccc12. The fourth-order valence-electron chi connectivity index (χ4n) is 4.14. The second-order valence-corrected chi connectivity index (χ2v) is 7.10. The van der Waals surface area contributed by atoms with Crippen LogP contribution in [0.15, 0.2) is 29.1 Å². The van der Waals surface area contributed by atoms with Crippen molar-refractivity contribution in [1.82, 2.24) is 19.8 Å². The minimum Gasteiger partial charge on any atom is -0.310 e. The van der Waals surface area contributed by atoms with Gasteiger partial charge in [0.1, 0.15) is 5.82 Å². The number of piperazine rings is 1. The molecule has 128 valence electrons. The van der Waals surface area contributed by atoms with Gasteiger partial charge < -0.3 is 9.88 Å². The van der Waals surface area contributed by atoms with E-state index in [-0.39, 0.29) is 5.56 Å². The highest BCUT2D eigenvalue weighted by atomic mass is 16.1. The van der Waals surface area contributed by atoms with Crippen LogP contribution in [-0.2, 0) is 6.42 Å². The quantitative estimate of drug-likeness (QED) is 0.934. The van der Waals surface area contributed by atoms with Crippen molar-refractivity contribution >= 4 is 10.9 Å². The molecule has 2 aliphatic rings. The van der Waals surface area contributed by atoms with E-state index in [9.17, 15) is 4.79 Å². The molecule has 1 saturated heterocycles. The van der Waals surface area contributed by atoms with E-state index in [4.69, 9.17) is 0 Å². The second-order valence-electron chi connectivity index (χ2n) is 7.10. The van der Waals surface area contributed by atoms with Crippen molar-refractivity contribution in [2.45, 2.75) is 38.1 Å². The van der Waals surface area contributed by atoms with Gasteiger partial charge in [0.25, 0.3) is 5.56 Å². The number of nitrogens with zero attached hydrogens (tertiary/aromatic N) is 3. The van der Waals surface area contributed by atoms with Crippen LogP contribution >= 0.6 is 0 Å². The summed E-state index contributed by atoms with van der Waals surface area (Å²) < 4.78 is 0. The Balaban J connectivity index is 1.33. The van der Waals surface area contributed by atoms with E-state index in [1.54, 1.807) is 0 Å². The van der Waals surface area contributed by atoms with Gasteiger partial charge in [-0.25, -0.2) is 4.98 Å². The van der Waals surface area contributed by atoms with Crippen LogP contribution in [0, 0.1) is 0 Å². The highest BCUT2D eigenvalue weighted by Crippen LogP contribution is 2.24. The second kappa shape index (κ2) is 7.03. The molecular weight excluding hydrogens is 300 g/mol. The van der Waals surface area contributed by atoms with Crippen LogP contribution in [0.25, 0.3) is 10.9 Å². The van der Waals surface area contributed by atoms with Crippen LogP contribution in [0.4, 0.5) is 0 Å². The van der Waals surface area contributed by atoms with Gasteiger partial charge in [0.05, 0.1) is 10.9 Å². The first kappa shape index (κ1) is 15.8. The Morgan fingerprint density at radius 2 is 1.83 bits per heavy atom. The van der Waals surface area contributed by atoms with Crippen molar-refractivity contribution in [3.05, 3.63) is 40.4 Å². The van der Waals surface area contributed by atoms with Crippen molar-refractivity contribution < 1.29 is 0 Å². The van der Waals surface area contributed by atoms with Crippen LogP contribution in [0.3, 0.4) is 0 Å². The maximum Gasteiger partial charge on any atom is 0.258 e. The van der Waals surface area contributed by atoms with Gasteiger partial charge in [-0.3, -0.25) is 9.69 Å². The molecule has 2 aromatic rings. The molecule has 0 bridgehead atoms. The number of nitrogens with one attached hydrogen (secondary N) is 1. The number of aromatic amines is 1. The number of benzene rings is 1. The Morgan fingerprint density at radius 3 is 2.62 bits per heavy atom. The third-order valence-electron chi connectivity index (χ3n) is 5.57. The number of para-hydroxylation sites is 1. The van der Waals surface area contributed by atoms with Crippen molar-refractivity contribution in [2.75, 3.05) is 32.7 Å². The summed E-state index contributed by atoms with van der Waals surface area (Å²) in [5, 5.41) is 0.673. The summed E-state index contributed by atoms with van der Waals surface area (Å²) in [7, 11) is 0. The molecule has 24 heavy (non-hydrogen) atoms. The molecular formula is C19H26N4O. The Labute approximate surface area is 142 Å². The molecule has 2 fully saturated rings. The maximum absolute atomic E-state index is 12.1. The van der Waals surface area contributed by atoms with Gasteiger partial charge in [-0.15, -0.1) is 0 Å². The first-order chi connectivity index (χ1) is 11.8. The first-order valence-electron chi connectivity index (χ1n) is 9.24. The van der Waals surface area contributed by atoms with E-state index in [1.807, 2.05) is 24.3 Å². The molecule has 4 rings (SSSR count). The number of fused-ring (bicyclic) bond motifs is 1. The standard InChI is InChI=1S/C19H26N4O/c24-19-16-7-3-4-8-17(16)20-18(21-19)9-10-22-11-13-23(14-12-22)15-5-1-2-6-15/h3-4,7-8,15H,1-2,5-6,9-14H2,(H,20,21,24). The molecule has 5 nitrogen and oxygen atoms in total. The lowest BCUT2D eigenvalue weighted by atomic mass is 10.1. The fourth-order valence-corrected chi connectivity index (χ4v) is 4.14. The average Bonchev–Trinajstić information content (AvgIpc) is 3.15. The van der Waals surface area contributed by atoms with Crippen LogP contribution in [0.2, 0.25) is 0 Å². The number of hydrogen-bond donors (Lipinski definition) is 1. The van der Waals surface area contributed by atoms with E-state index in [0.29, 0.717) is 5.39 Å². The lowest BCUT2D eigenvalue weighted by Gasteiger charge is -2.38. The molecule has 1 aromatic heterocycles. The smallest absolute Gasteiger partial charge is 0.258 e. The van der Waals surface area contributed by atoms with Gasteiger partial charge in [0.15, 0.2) is 0 Å². The average molecular weight is 326 g/mol. The third kappa shape index (κ3) is 3.37. The summed E-state index contributed by atoms with van der Waals surface area (Å²) in [4.78, 5) is 24.9. The lowest BCUT2D eigenvalue weighted by Crippen LogP contribution is -2.50. The lowest BCUT2D eigenvalue weighted by molar-refractivity contribution is 0.0983. The normalized spacial score (nSPS) is 20.8. The van der Waals surface area contributed by atoms with E-state index in [2.05, 4.69) is 19.8 Å². The highest BCUT2D eigenvalue weighted by Gasteiger charge is 2.25. The first-order valence-corrected chi connectivity index (χ1v) is 9.24. The molecule has 1 aliphatic heterocycles. The van der Waals surface area contributed by atoms with Crippen molar-refractivity contribution in [3.8, 4) is 0 Å². The highest BCUT2D eigenvalue weighted by molar-refractivity contribution is 5.77. The summed E-state index contributed by atoms with van der Waals surface area (Å²) in [5.74, 6) is 0.803. The molecule has 1 aromatic carbocycles. The molecule has 0 radical (unpaired) electrons. The number of H-pyrrole nitrogens is 1. The maximum atomic E-state index is 12.1. The summed E-state index contributed by atoms with van der Waals surface area (Å²) in [5.41, 5.74) is 0.768. The van der Waals surface area contributed by atoms with E-state index < -0.39 is 0 Å². The van der Waals surface area contributed by atoms with Crippen molar-refractivity contribution in [1.29, 1.82) is 0 Å². The van der Waals surface area contributed by atoms with Crippen LogP contribution in [0.1, 0.15) is 31.5 Å². The van der Waals surface area contributed by atoms with Crippen LogP contribution in [-0.4, -0.2) is 58.5 Å². The Kier molecular flexibility index (Phi) is 4.63. The molecule has 1 N–H and O–H groups in total. The molecule has 0 spiro atoms. The number of aromatic nitrogens is 2. The van der Waals surface area contributed by atoms with E-state index >= 15 is 0 Å². The molecule has 1 aliphatic carbocycles. The summed E-state index contributed by atoms with van der Waals surface area (Å²) >= 11 is 0. The summed E-state index contributed by atoms with van der Waals surface area (Å²) in [6.45, 7) is 5.61. The molecule has 5 heteroatoms. The number of rotatable bonds is 4. The molecule has 0 atom stereocenters. The van der Waals surface area contributed by atoms with Gasteiger partial charge in [0.2, 0.25) is 0 Å². The fraction of sp³-hybridized carbons (Fsp3) is 0.579. The Hall–Kier alpha value is -1.72. The van der Waals surface area contributed by atoms with Crippen LogP contribution in [0.5, 0.6) is 0 Å². The topological polar surface area (TPSA) is 52.2 Å². The zero-order valence-electron chi connectivity index (χ0n) is 14.2. The Morgan fingerprint density at radius 1 is 1.08 bits per heavy atom. The van der Waals surface area contributed by atoms with Crippen molar-refractivity contribution in [3.63, 3.8) is 0 Å². The Bertz CT molecular complexity index is 742. The van der Waals surface area contributed by atoms with Crippen molar-refractivity contribution in [2.24, 2.45) is 0 Å². The van der Waals surface area contributed by atoms with Gasteiger partial charge in [-0.05, 0) is 25.0 Å². The molecule has 1 saturated carbocycles. The van der Waals surface area contributed by atoms with Gasteiger partial charge in [-0.2, -0.15) is 0 Å². The summed E-state index contributed by atoms with van der Waals surface area (Å²) in [6.07, 6.45) is 6.41. The van der Waals surface area contributed by atoms with E-state index in [1.165, 1.54) is 38.8 Å². The zero-order chi connectivity index (χ0) is 16.4. The van der Waals surface area contributed by atoms with Crippen LogP contribution < -0.4 is 5.56 Å². The molecule has 0 unspecified atom stereocenters. The summed E-state index contributed by atoms with van der Waals surface area (Å²) in [6, 6.07) is 8.39. The number of hydrogen-bond acceptors (Lipinski definition) is 4. The minimum absolute atomic E-state index is 0.0262. The monoisotopic (exact) mass is 326 g/mol. The van der Waals surface area contributed by atoms with Gasteiger partial charge in [-0.1, -0.05) is 25.0 Å². The van der Waals surface area contributed by atoms with E-state index in [0.717, 1.165) is 43.4 Å². The zero-order valence-corrected chi connectivity index (χ0v) is 14.2. The minimum atomic E-state index is -0.0262. The van der Waals surface area contributed by atoms with Gasteiger partial charge >= 0.3 is 0 Å². The molecule has 2 heterocycles. The molecule has 0 amide bonds. The predicted molar refractivity (Wildman–Crippen MR) is 96.3 cm³/mol. The predicted octanol–water partition coefficient (Wildman–Crippen LogP) is 2.03. The largest absolute Gasteiger partial charge is 0.310 e. The third-order valence-corrected chi connectivity index (χ3v) is 5.57.